The molecular formula is C50H109N2O4P. The van der Waals surface area contributed by atoms with Gasteiger partial charge in [-0.15, -0.1) is 0 Å². The van der Waals surface area contributed by atoms with Crippen LogP contribution in [0.2, 0.25) is 0 Å². The molecule has 0 heterocycles. The van der Waals surface area contributed by atoms with E-state index in [2.05, 4.69) is 53.0 Å². The van der Waals surface area contributed by atoms with Crippen LogP contribution in [-0.2, 0) is 9.09 Å². The zero-order chi connectivity index (χ0) is 43.2. The maximum atomic E-state index is 10.2. The quantitative estimate of drug-likeness (QED) is 0.0361. The van der Waals surface area contributed by atoms with Crippen molar-refractivity contribution in [2.75, 3.05) is 19.7 Å². The van der Waals surface area contributed by atoms with Crippen LogP contribution in [0, 0.1) is 10.8 Å². The molecule has 0 unspecified atom stereocenters. The summed E-state index contributed by atoms with van der Waals surface area (Å²) >= 11 is 0. The first kappa shape index (κ1) is 61.3. The van der Waals surface area contributed by atoms with Gasteiger partial charge in [0.25, 0.3) is 0 Å². The van der Waals surface area contributed by atoms with Crippen LogP contribution in [0.25, 0.3) is 0 Å². The molecule has 0 aromatic rings. The van der Waals surface area contributed by atoms with Gasteiger partial charge in [-0.2, -0.15) is 0 Å². The average molecular weight is 833 g/mol. The number of rotatable bonds is 40. The van der Waals surface area contributed by atoms with Gasteiger partial charge >= 0.3 is 7.82 Å². The minimum atomic E-state index is -4.23. The second-order valence-electron chi connectivity index (χ2n) is 19.9. The lowest BCUT2D eigenvalue weighted by Gasteiger charge is -2.17. The van der Waals surface area contributed by atoms with E-state index in [1.807, 2.05) is 0 Å². The fraction of sp³-hybridized carbons (Fsp3) is 1.00. The van der Waals surface area contributed by atoms with Crippen LogP contribution >= 0.6 is 7.82 Å². The zero-order valence-electron chi connectivity index (χ0n) is 40.3. The smallest absolute Gasteiger partial charge is 0.330 e. The summed E-state index contributed by atoms with van der Waals surface area (Å²) in [5.74, 6) is 0. The van der Waals surface area contributed by atoms with E-state index in [0.717, 1.165) is 32.4 Å². The topological polar surface area (TPSA) is 119 Å². The maximum Gasteiger partial charge on any atom is 0.469 e. The predicted octanol–water partition coefficient (Wildman–Crippen LogP) is 16.9. The molecule has 0 aliphatic carbocycles. The molecule has 7 heteroatoms. The van der Waals surface area contributed by atoms with Crippen LogP contribution in [0.5, 0.6) is 0 Å². The Balaban J connectivity index is -0.000000795. The highest BCUT2D eigenvalue weighted by Crippen LogP contribution is 2.35. The molecule has 0 aliphatic rings. The van der Waals surface area contributed by atoms with Crippen LogP contribution in [-0.4, -0.2) is 29.5 Å². The summed E-state index contributed by atoms with van der Waals surface area (Å²) < 4.78 is 14.5. The average Bonchev–Trinajstić information content (AvgIpc) is 3.13. The third-order valence-electron chi connectivity index (χ3n) is 11.0. The summed E-state index contributed by atoms with van der Waals surface area (Å²) in [6, 6.07) is 0. The van der Waals surface area contributed by atoms with Gasteiger partial charge < -0.3 is 21.3 Å². The van der Waals surface area contributed by atoms with E-state index in [-0.39, 0.29) is 6.61 Å². The molecule has 0 atom stereocenters. The Bertz CT molecular complexity index is 731. The third-order valence-corrected chi connectivity index (χ3v) is 11.5. The van der Waals surface area contributed by atoms with Crippen molar-refractivity contribution in [1.29, 1.82) is 0 Å². The lowest BCUT2D eigenvalue weighted by molar-refractivity contribution is 0.193. The number of hydrogen-bond donors (Lipinski definition) is 4. The highest BCUT2D eigenvalue weighted by molar-refractivity contribution is 7.46. The summed E-state index contributed by atoms with van der Waals surface area (Å²) in [5, 5.41) is 0. The lowest BCUT2D eigenvalue weighted by Crippen LogP contribution is -2.03. The molecule has 6 N–H and O–H groups in total. The Morgan fingerprint density at radius 1 is 0.368 bits per heavy atom. The van der Waals surface area contributed by atoms with Gasteiger partial charge in [0.2, 0.25) is 0 Å². The Morgan fingerprint density at radius 3 is 0.789 bits per heavy atom. The Morgan fingerprint density at radius 2 is 0.579 bits per heavy atom. The summed E-state index contributed by atoms with van der Waals surface area (Å²) in [7, 11) is -4.23. The zero-order valence-corrected chi connectivity index (χ0v) is 41.2. The Labute approximate surface area is 360 Å². The van der Waals surface area contributed by atoms with Gasteiger partial charge in [-0.25, -0.2) is 4.57 Å². The van der Waals surface area contributed by atoms with E-state index in [9.17, 15) is 4.57 Å². The summed E-state index contributed by atoms with van der Waals surface area (Å²) in [6.07, 6.45) is 52.1. The van der Waals surface area contributed by atoms with Crippen LogP contribution in [0.4, 0.5) is 0 Å². The van der Waals surface area contributed by atoms with Crippen molar-refractivity contribution in [2.24, 2.45) is 22.3 Å². The molecular weight excluding hydrogens is 724 g/mol. The van der Waals surface area contributed by atoms with Crippen molar-refractivity contribution in [3.8, 4) is 0 Å². The highest BCUT2D eigenvalue weighted by Gasteiger charge is 2.12. The van der Waals surface area contributed by atoms with Crippen LogP contribution in [0.1, 0.15) is 292 Å². The molecule has 0 aliphatic heterocycles. The molecule has 0 saturated carbocycles. The maximum absolute atomic E-state index is 10.2. The molecule has 0 aromatic heterocycles. The monoisotopic (exact) mass is 833 g/mol. The Hall–Kier alpha value is 0.0300. The molecule has 6 nitrogen and oxygen atoms in total. The standard InChI is InChI=1S/2C21H45N.C8H19O4P/c2*1-21(2,3)19-17-15-13-11-9-7-5-4-6-8-10-12-14-16-18-20-22;1-2-3-4-5-6-7-8-12-13(9,10)11/h2*4-20,22H2,1-3H3;2-8H2,1H3,(H2,9,10,11). The molecule has 0 amide bonds. The van der Waals surface area contributed by atoms with Gasteiger partial charge in [0.15, 0.2) is 0 Å². The number of phosphoric acid groups is 1. The summed E-state index contributed by atoms with van der Waals surface area (Å²) in [6.45, 7) is 18.2. The molecule has 0 rings (SSSR count). The largest absolute Gasteiger partial charge is 0.469 e. The van der Waals surface area contributed by atoms with Gasteiger partial charge in [0.1, 0.15) is 0 Å². The molecule has 0 spiro atoms. The first-order chi connectivity index (χ1) is 27.2. The highest BCUT2D eigenvalue weighted by atomic mass is 31.2. The first-order valence-corrected chi connectivity index (χ1v) is 26.8. The molecule has 0 saturated heterocycles. The van der Waals surface area contributed by atoms with Crippen molar-refractivity contribution < 1.29 is 18.9 Å². The second kappa shape index (κ2) is 47.1. The van der Waals surface area contributed by atoms with E-state index >= 15 is 0 Å². The van der Waals surface area contributed by atoms with E-state index in [1.165, 1.54) is 225 Å². The number of hydrogen-bond acceptors (Lipinski definition) is 4. The molecule has 57 heavy (non-hydrogen) atoms. The number of nitrogens with two attached hydrogens (primary N) is 2. The summed E-state index contributed by atoms with van der Waals surface area (Å²) in [5.41, 5.74) is 12.1. The molecule has 0 aromatic carbocycles. The van der Waals surface area contributed by atoms with Gasteiger partial charge in [0, 0.05) is 0 Å². The summed E-state index contributed by atoms with van der Waals surface area (Å²) in [4.78, 5) is 16.7. The minimum Gasteiger partial charge on any atom is -0.330 e. The van der Waals surface area contributed by atoms with E-state index in [4.69, 9.17) is 21.3 Å². The van der Waals surface area contributed by atoms with Gasteiger partial charge in [-0.1, -0.05) is 260 Å². The SMILES string of the molecule is CC(C)(C)CCCCCCCCCCCCCCCCCN.CC(C)(C)CCCCCCCCCCCCCCCCCN.CCCCCCCCOP(=O)(O)O. The molecule has 0 radical (unpaired) electrons. The van der Waals surface area contributed by atoms with Crippen LogP contribution in [0.15, 0.2) is 0 Å². The van der Waals surface area contributed by atoms with Crippen molar-refractivity contribution in [1.82, 2.24) is 0 Å². The van der Waals surface area contributed by atoms with Crippen molar-refractivity contribution in [3.63, 3.8) is 0 Å². The molecule has 0 fully saturated rings. The van der Waals surface area contributed by atoms with E-state index in [1.54, 1.807) is 0 Å². The van der Waals surface area contributed by atoms with Gasteiger partial charge in [-0.05, 0) is 56.0 Å². The number of phosphoric ester groups is 1. The van der Waals surface area contributed by atoms with Gasteiger partial charge in [0.05, 0.1) is 6.61 Å². The second-order valence-corrected chi connectivity index (χ2v) is 21.1. The van der Waals surface area contributed by atoms with Crippen LogP contribution in [0.3, 0.4) is 0 Å². The minimum absolute atomic E-state index is 0.163. The fourth-order valence-corrected chi connectivity index (χ4v) is 7.63. The fourth-order valence-electron chi connectivity index (χ4n) is 7.26. The lowest BCUT2D eigenvalue weighted by atomic mass is 9.89. The first-order valence-electron chi connectivity index (χ1n) is 25.3. The third kappa shape index (κ3) is 70.9. The predicted molar refractivity (Wildman–Crippen MR) is 256 cm³/mol. The van der Waals surface area contributed by atoms with Crippen molar-refractivity contribution >= 4 is 7.82 Å². The van der Waals surface area contributed by atoms with E-state index < -0.39 is 7.82 Å². The van der Waals surface area contributed by atoms with Crippen molar-refractivity contribution in [3.05, 3.63) is 0 Å². The van der Waals surface area contributed by atoms with E-state index in [0.29, 0.717) is 10.8 Å². The van der Waals surface area contributed by atoms with Gasteiger partial charge in [-0.3, -0.25) is 4.52 Å². The number of unbranched alkanes of at least 4 members (excludes halogenated alkanes) is 33. The molecule has 348 valence electrons. The molecule has 0 bridgehead atoms. The Kier molecular flexibility index (Phi) is 50.7. The normalized spacial score (nSPS) is 12.0. The van der Waals surface area contributed by atoms with Crippen molar-refractivity contribution in [2.45, 2.75) is 292 Å². The van der Waals surface area contributed by atoms with Crippen LogP contribution < -0.4 is 11.5 Å².